The number of benzene rings is 2. The third-order valence-electron chi connectivity index (χ3n) is 3.00. The molecular formula is C18H14N2O2. The number of hydrogen-bond acceptors (Lipinski definition) is 3. The van der Waals surface area contributed by atoms with Gasteiger partial charge in [0.05, 0.1) is 0 Å². The molecule has 0 atom stereocenters. The monoisotopic (exact) mass is 290 g/mol. The Morgan fingerprint density at radius 1 is 1.09 bits per heavy atom. The molecule has 0 radical (unpaired) electrons. The molecule has 2 aromatic carbocycles. The summed E-state index contributed by atoms with van der Waals surface area (Å²) < 4.78 is 0. The van der Waals surface area contributed by atoms with Crippen LogP contribution < -0.4 is 5.32 Å². The Hall–Kier alpha value is -3.19. The predicted molar refractivity (Wildman–Crippen MR) is 85.1 cm³/mol. The van der Waals surface area contributed by atoms with Crippen LogP contribution in [0.3, 0.4) is 0 Å². The number of carbonyl (C=O) groups is 2. The molecule has 0 unspecified atom stereocenters. The first-order valence-electron chi connectivity index (χ1n) is 6.69. The van der Waals surface area contributed by atoms with Crippen molar-refractivity contribution in [1.29, 1.82) is 5.26 Å². The van der Waals surface area contributed by atoms with Gasteiger partial charge < -0.3 is 5.32 Å². The Bertz CT molecular complexity index is 771. The topological polar surface area (TPSA) is 70.0 Å². The molecule has 0 aliphatic heterocycles. The van der Waals surface area contributed by atoms with Gasteiger partial charge in [-0.25, -0.2) is 0 Å². The maximum Gasteiger partial charge on any atom is 0.266 e. The summed E-state index contributed by atoms with van der Waals surface area (Å²) in [7, 11) is 0. The molecule has 108 valence electrons. The van der Waals surface area contributed by atoms with Crippen molar-refractivity contribution < 1.29 is 9.59 Å². The number of nitrogens with one attached hydrogen (secondary N) is 1. The molecule has 22 heavy (non-hydrogen) atoms. The molecule has 2 aromatic rings. The summed E-state index contributed by atoms with van der Waals surface area (Å²) in [5.41, 5.74) is 1.75. The first kappa shape index (κ1) is 15.2. The second-order valence-corrected chi connectivity index (χ2v) is 4.67. The first-order chi connectivity index (χ1) is 10.6. The fourth-order valence-electron chi connectivity index (χ4n) is 1.88. The highest BCUT2D eigenvalue weighted by Gasteiger charge is 2.10. The van der Waals surface area contributed by atoms with E-state index >= 15 is 0 Å². The summed E-state index contributed by atoms with van der Waals surface area (Å²) in [6, 6.07) is 17.6. The van der Waals surface area contributed by atoms with Crippen molar-refractivity contribution >= 4 is 23.5 Å². The predicted octanol–water partition coefficient (Wildman–Crippen LogP) is 3.43. The van der Waals surface area contributed by atoms with Crippen molar-refractivity contribution in [1.82, 2.24) is 0 Å². The largest absolute Gasteiger partial charge is 0.321 e. The number of nitriles is 1. The SMILES string of the molecule is CC(=O)c1cccc(NC(=O)/C(C#N)=C/c2ccccc2)c1. The lowest BCUT2D eigenvalue weighted by atomic mass is 10.1. The zero-order valence-electron chi connectivity index (χ0n) is 12.0. The van der Waals surface area contributed by atoms with Gasteiger partial charge in [-0.05, 0) is 30.7 Å². The molecule has 1 N–H and O–H groups in total. The maximum absolute atomic E-state index is 12.1. The molecule has 4 heteroatoms. The van der Waals surface area contributed by atoms with Crippen LogP contribution >= 0.6 is 0 Å². The Morgan fingerprint density at radius 2 is 1.82 bits per heavy atom. The Labute approximate surface area is 128 Å². The minimum Gasteiger partial charge on any atom is -0.321 e. The van der Waals surface area contributed by atoms with E-state index in [-0.39, 0.29) is 11.4 Å². The second-order valence-electron chi connectivity index (χ2n) is 4.67. The molecule has 0 saturated heterocycles. The van der Waals surface area contributed by atoms with Crippen LogP contribution in [0, 0.1) is 11.3 Å². The van der Waals surface area contributed by atoms with Crippen molar-refractivity contribution in [2.75, 3.05) is 5.32 Å². The standard InChI is InChI=1S/C18H14N2O2/c1-13(21)15-8-5-9-17(11-15)20-18(22)16(12-19)10-14-6-3-2-4-7-14/h2-11H,1H3,(H,20,22)/b16-10+. The highest BCUT2D eigenvalue weighted by molar-refractivity contribution is 6.10. The minimum atomic E-state index is -0.507. The van der Waals surface area contributed by atoms with E-state index in [1.807, 2.05) is 24.3 Å². The van der Waals surface area contributed by atoms with Gasteiger partial charge in [0.25, 0.3) is 5.91 Å². The average molecular weight is 290 g/mol. The van der Waals surface area contributed by atoms with Gasteiger partial charge in [-0.2, -0.15) is 5.26 Å². The van der Waals surface area contributed by atoms with Crippen molar-refractivity contribution in [2.24, 2.45) is 0 Å². The number of anilines is 1. The van der Waals surface area contributed by atoms with Crippen LogP contribution in [-0.2, 0) is 4.79 Å². The van der Waals surface area contributed by atoms with E-state index < -0.39 is 5.91 Å². The number of hydrogen-bond donors (Lipinski definition) is 1. The van der Waals surface area contributed by atoms with E-state index in [0.717, 1.165) is 5.56 Å². The van der Waals surface area contributed by atoms with E-state index in [9.17, 15) is 9.59 Å². The van der Waals surface area contributed by atoms with Gasteiger partial charge in [0.1, 0.15) is 11.6 Å². The number of carbonyl (C=O) groups excluding carboxylic acids is 2. The van der Waals surface area contributed by atoms with Gasteiger partial charge in [-0.1, -0.05) is 42.5 Å². The lowest BCUT2D eigenvalue weighted by Crippen LogP contribution is -2.13. The van der Waals surface area contributed by atoms with Crippen LogP contribution in [0.5, 0.6) is 0 Å². The minimum absolute atomic E-state index is 0.000530. The van der Waals surface area contributed by atoms with E-state index in [1.165, 1.54) is 13.0 Å². The van der Waals surface area contributed by atoms with Crippen LogP contribution in [0.4, 0.5) is 5.69 Å². The van der Waals surface area contributed by atoms with Gasteiger partial charge in [0, 0.05) is 11.3 Å². The van der Waals surface area contributed by atoms with Crippen LogP contribution in [0.2, 0.25) is 0 Å². The summed E-state index contributed by atoms with van der Waals surface area (Å²) in [5.74, 6) is -0.594. The zero-order chi connectivity index (χ0) is 15.9. The third-order valence-corrected chi connectivity index (χ3v) is 3.00. The Morgan fingerprint density at radius 3 is 2.45 bits per heavy atom. The first-order valence-corrected chi connectivity index (χ1v) is 6.69. The van der Waals surface area contributed by atoms with Gasteiger partial charge >= 0.3 is 0 Å². The van der Waals surface area contributed by atoms with Crippen molar-refractivity contribution in [3.05, 3.63) is 71.3 Å². The fourth-order valence-corrected chi connectivity index (χ4v) is 1.88. The van der Waals surface area contributed by atoms with Gasteiger partial charge in [-0.3, -0.25) is 9.59 Å². The molecule has 0 heterocycles. The number of amides is 1. The summed E-state index contributed by atoms with van der Waals surface area (Å²) in [4.78, 5) is 23.5. The van der Waals surface area contributed by atoms with E-state index in [4.69, 9.17) is 5.26 Å². The summed E-state index contributed by atoms with van der Waals surface area (Å²) in [6.45, 7) is 1.46. The Balaban J connectivity index is 2.20. The van der Waals surface area contributed by atoms with Gasteiger partial charge in [0.2, 0.25) is 0 Å². The number of nitrogens with zero attached hydrogens (tertiary/aromatic N) is 1. The molecule has 0 aromatic heterocycles. The van der Waals surface area contributed by atoms with E-state index in [1.54, 1.807) is 36.4 Å². The van der Waals surface area contributed by atoms with Crippen LogP contribution in [0.25, 0.3) is 6.08 Å². The lowest BCUT2D eigenvalue weighted by molar-refractivity contribution is -0.112. The molecule has 0 bridgehead atoms. The smallest absolute Gasteiger partial charge is 0.266 e. The number of Topliss-reactive ketones (excluding diaryl/α,β-unsaturated/α-hetero) is 1. The van der Waals surface area contributed by atoms with E-state index in [0.29, 0.717) is 11.3 Å². The zero-order valence-corrected chi connectivity index (χ0v) is 12.0. The van der Waals surface area contributed by atoms with Gasteiger partial charge in [0.15, 0.2) is 5.78 Å². The van der Waals surface area contributed by atoms with Gasteiger partial charge in [-0.15, -0.1) is 0 Å². The summed E-state index contributed by atoms with van der Waals surface area (Å²) in [5, 5.41) is 11.8. The average Bonchev–Trinajstić information content (AvgIpc) is 2.53. The summed E-state index contributed by atoms with van der Waals surface area (Å²) in [6.07, 6.45) is 1.52. The Kier molecular flexibility index (Phi) is 4.84. The number of ketones is 1. The maximum atomic E-state index is 12.1. The normalized spacial score (nSPS) is 10.6. The van der Waals surface area contributed by atoms with Crippen molar-refractivity contribution in [3.8, 4) is 6.07 Å². The molecule has 0 aliphatic rings. The molecule has 0 spiro atoms. The number of rotatable bonds is 4. The highest BCUT2D eigenvalue weighted by Crippen LogP contribution is 2.13. The molecule has 0 saturated carbocycles. The van der Waals surface area contributed by atoms with Crippen LogP contribution in [0.1, 0.15) is 22.8 Å². The highest BCUT2D eigenvalue weighted by atomic mass is 16.1. The third kappa shape index (κ3) is 3.90. The van der Waals surface area contributed by atoms with Crippen molar-refractivity contribution in [3.63, 3.8) is 0 Å². The molecule has 1 amide bonds. The molecule has 0 fully saturated rings. The van der Waals surface area contributed by atoms with Crippen LogP contribution in [-0.4, -0.2) is 11.7 Å². The lowest BCUT2D eigenvalue weighted by Gasteiger charge is -2.05. The van der Waals surface area contributed by atoms with Crippen molar-refractivity contribution in [2.45, 2.75) is 6.92 Å². The molecule has 0 aliphatic carbocycles. The fraction of sp³-hybridized carbons (Fsp3) is 0.0556. The van der Waals surface area contributed by atoms with E-state index in [2.05, 4.69) is 5.32 Å². The molecular weight excluding hydrogens is 276 g/mol. The van der Waals surface area contributed by atoms with Crippen LogP contribution in [0.15, 0.2) is 60.2 Å². The second kappa shape index (κ2) is 7.00. The molecule has 2 rings (SSSR count). The quantitative estimate of drug-likeness (QED) is 0.532. The summed E-state index contributed by atoms with van der Waals surface area (Å²) >= 11 is 0. The molecule has 4 nitrogen and oxygen atoms in total.